The predicted molar refractivity (Wildman–Crippen MR) is 279 cm³/mol. The number of nitrogens with zero attached hydrogens (tertiary/aromatic N) is 1. The number of thioether (sulfide) groups is 1. The molecule has 1 heterocycles. The third kappa shape index (κ3) is 8.34. The van der Waals surface area contributed by atoms with Gasteiger partial charge in [-0.25, -0.2) is 0 Å². The van der Waals surface area contributed by atoms with Crippen LogP contribution in [-0.4, -0.2) is 0 Å². The van der Waals surface area contributed by atoms with Crippen molar-refractivity contribution in [2.75, 3.05) is 4.67 Å². The van der Waals surface area contributed by atoms with Crippen LogP contribution in [-0.2, 0) is 6.54 Å². The fourth-order valence-corrected chi connectivity index (χ4v) is 12.4. The van der Waals surface area contributed by atoms with Crippen LogP contribution < -0.4 is 4.67 Å². The predicted octanol–water partition coefficient (Wildman–Crippen LogP) is 18.1. The van der Waals surface area contributed by atoms with Gasteiger partial charge in [-0.3, -0.25) is 0 Å². The maximum Gasteiger partial charge on any atom is 0.310 e. The molecule has 65 heavy (non-hydrogen) atoms. The number of benzene rings is 10. The molecule has 0 saturated heterocycles. The molecule has 6 heteroatoms. The zero-order valence-electron chi connectivity index (χ0n) is 35.4. The standard InChI is InChI=1S/C59H43BrNO2PS/c60-48-34-36-49(37-35-48)65-59(45-28-14-5-15-29-45)56(44-26-12-4-13-27-44)61(40-41-20-6-1-7-21-41)64-62-57-52(42-22-8-2-9-23-42)38-46-30-16-18-32-50(46)54(57)55-51-33-19-17-31-47(51)39-53(58(55)63-64)43-24-10-3-11-25-43/h1-39,56,59H,40H2/t56-,59+/m0/s1. The van der Waals surface area contributed by atoms with Gasteiger partial charge in [-0.2, -0.15) is 4.67 Å². The summed E-state index contributed by atoms with van der Waals surface area (Å²) < 4.78 is 19.4. The molecule has 314 valence electrons. The third-order valence-electron chi connectivity index (χ3n) is 12.1. The molecular formula is C59H43BrNO2PS. The van der Waals surface area contributed by atoms with Gasteiger partial charge in [0.1, 0.15) is 0 Å². The first-order chi connectivity index (χ1) is 32.2. The average Bonchev–Trinajstić information content (AvgIpc) is 3.56. The van der Waals surface area contributed by atoms with Crippen molar-refractivity contribution >= 4 is 79.3 Å². The lowest BCUT2D eigenvalue weighted by molar-refractivity contribution is 0.570. The summed E-state index contributed by atoms with van der Waals surface area (Å²) in [6.07, 6.45) is 0. The Kier molecular flexibility index (Phi) is 11.7. The molecule has 0 spiro atoms. The Hall–Kier alpha value is -6.59. The maximum atomic E-state index is 7.91. The molecule has 0 bridgehead atoms. The van der Waals surface area contributed by atoms with Gasteiger partial charge in [0.05, 0.1) is 11.3 Å². The number of rotatable bonds is 11. The van der Waals surface area contributed by atoms with Crippen LogP contribution in [0.15, 0.2) is 254 Å². The van der Waals surface area contributed by atoms with E-state index in [4.69, 9.17) is 8.39 Å². The first-order valence-electron chi connectivity index (χ1n) is 21.9. The summed E-state index contributed by atoms with van der Waals surface area (Å²) >= 11 is 5.57. The highest BCUT2D eigenvalue weighted by Gasteiger charge is 2.36. The summed E-state index contributed by atoms with van der Waals surface area (Å²) in [5.41, 5.74) is 9.40. The largest absolute Gasteiger partial charge is 0.407 e. The van der Waals surface area contributed by atoms with Crippen LogP contribution in [0.4, 0.5) is 0 Å². The van der Waals surface area contributed by atoms with Crippen molar-refractivity contribution in [3.8, 4) is 22.3 Å². The number of hydrogen-bond donors (Lipinski definition) is 0. The maximum absolute atomic E-state index is 7.91. The van der Waals surface area contributed by atoms with Crippen LogP contribution in [0.2, 0.25) is 0 Å². The van der Waals surface area contributed by atoms with Gasteiger partial charge in [0, 0.05) is 37.8 Å². The summed E-state index contributed by atoms with van der Waals surface area (Å²) in [6.45, 7) is 0.559. The van der Waals surface area contributed by atoms with Gasteiger partial charge in [-0.1, -0.05) is 216 Å². The quantitative estimate of drug-likeness (QED) is 0.121. The Morgan fingerprint density at radius 2 is 0.892 bits per heavy atom. The molecule has 0 saturated carbocycles. The molecular weight excluding hydrogens is 898 g/mol. The average molecular weight is 941 g/mol. The molecule has 0 aliphatic rings. The van der Waals surface area contributed by atoms with Gasteiger partial charge in [0.2, 0.25) is 0 Å². The second-order valence-corrected chi connectivity index (χ2v) is 19.7. The summed E-state index contributed by atoms with van der Waals surface area (Å²) in [6, 6.07) is 84.5. The first-order valence-corrected chi connectivity index (χ1v) is 24.7. The SMILES string of the molecule is Brc1ccc(S[C@H](c2ccccc2)[C@H](c2ccccc2)N(Cc2ccccc2)p2oc3c(-c4ccccc4)cc4ccccc4c3c3c(o2)c(-c2ccccc2)cc2ccccc23)cc1. The van der Waals surface area contributed by atoms with Gasteiger partial charge < -0.3 is 8.39 Å². The van der Waals surface area contributed by atoms with E-state index in [2.05, 4.69) is 257 Å². The van der Waals surface area contributed by atoms with E-state index < -0.39 is 8.16 Å². The lowest BCUT2D eigenvalue weighted by Gasteiger charge is -2.35. The molecule has 0 unspecified atom stereocenters. The number of fused-ring (bicyclic) bond motifs is 7. The van der Waals surface area contributed by atoms with E-state index in [1.165, 1.54) is 16.0 Å². The second kappa shape index (κ2) is 18.5. The first kappa shape index (κ1) is 41.1. The van der Waals surface area contributed by atoms with Crippen molar-refractivity contribution in [2.24, 2.45) is 0 Å². The van der Waals surface area contributed by atoms with E-state index in [-0.39, 0.29) is 11.3 Å². The Labute approximate surface area is 392 Å². The van der Waals surface area contributed by atoms with E-state index in [1.54, 1.807) is 0 Å². The molecule has 0 fully saturated rings. The summed E-state index contributed by atoms with van der Waals surface area (Å²) in [7, 11) is -1.94. The fraction of sp³-hybridized carbons (Fsp3) is 0.0508. The van der Waals surface area contributed by atoms with Gasteiger partial charge in [-0.15, -0.1) is 11.8 Å². The molecule has 0 radical (unpaired) electrons. The molecule has 0 aliphatic carbocycles. The fourth-order valence-electron chi connectivity index (χ4n) is 9.09. The Morgan fingerprint density at radius 3 is 1.40 bits per heavy atom. The zero-order valence-corrected chi connectivity index (χ0v) is 38.7. The van der Waals surface area contributed by atoms with Crippen LogP contribution in [0, 0.1) is 0 Å². The third-order valence-corrected chi connectivity index (χ3v) is 15.5. The van der Waals surface area contributed by atoms with E-state index in [9.17, 15) is 0 Å². The molecule has 0 amide bonds. The van der Waals surface area contributed by atoms with E-state index in [1.807, 2.05) is 11.8 Å². The van der Waals surface area contributed by atoms with Crippen LogP contribution in [0.3, 0.4) is 0 Å². The van der Waals surface area contributed by atoms with Crippen LogP contribution in [0.25, 0.3) is 65.7 Å². The van der Waals surface area contributed by atoms with Crippen molar-refractivity contribution in [1.82, 2.24) is 0 Å². The molecule has 0 aliphatic heterocycles. The summed E-state index contributed by atoms with van der Waals surface area (Å²) in [4.78, 5) is 1.17. The smallest absolute Gasteiger partial charge is 0.310 e. The Balaban J connectivity index is 1.33. The minimum Gasteiger partial charge on any atom is -0.407 e. The Bertz CT molecular complexity index is 3300. The van der Waals surface area contributed by atoms with Gasteiger partial charge in [0.15, 0.2) is 11.2 Å². The van der Waals surface area contributed by atoms with Crippen molar-refractivity contribution in [3.63, 3.8) is 0 Å². The highest BCUT2D eigenvalue weighted by Crippen LogP contribution is 2.54. The monoisotopic (exact) mass is 939 g/mol. The summed E-state index contributed by atoms with van der Waals surface area (Å²) in [5.74, 6) is 0. The van der Waals surface area contributed by atoms with Crippen LogP contribution in [0.1, 0.15) is 28.0 Å². The van der Waals surface area contributed by atoms with E-state index in [0.717, 1.165) is 75.8 Å². The van der Waals surface area contributed by atoms with Gasteiger partial charge in [-0.05, 0) is 85.8 Å². The van der Waals surface area contributed by atoms with Crippen LogP contribution >= 0.6 is 35.9 Å². The topological polar surface area (TPSA) is 29.5 Å². The molecule has 11 aromatic rings. The van der Waals surface area contributed by atoms with Crippen molar-refractivity contribution in [3.05, 3.63) is 258 Å². The van der Waals surface area contributed by atoms with E-state index >= 15 is 0 Å². The van der Waals surface area contributed by atoms with Crippen molar-refractivity contribution in [2.45, 2.75) is 22.7 Å². The highest BCUT2D eigenvalue weighted by atomic mass is 79.9. The molecule has 10 aromatic carbocycles. The minimum atomic E-state index is -1.94. The highest BCUT2D eigenvalue weighted by molar-refractivity contribution is 9.10. The summed E-state index contributed by atoms with van der Waals surface area (Å²) in [5, 5.41) is 6.49. The molecule has 11 rings (SSSR count). The van der Waals surface area contributed by atoms with E-state index in [0.29, 0.717) is 6.54 Å². The normalized spacial score (nSPS) is 12.5. The van der Waals surface area contributed by atoms with Crippen LogP contribution in [0.5, 0.6) is 0 Å². The molecule has 1 aromatic heterocycles. The lowest BCUT2D eigenvalue weighted by atomic mass is 9.91. The number of halogens is 1. The van der Waals surface area contributed by atoms with Gasteiger partial charge >= 0.3 is 8.16 Å². The minimum absolute atomic E-state index is 0.0872. The Morgan fingerprint density at radius 1 is 0.462 bits per heavy atom. The molecule has 3 nitrogen and oxygen atoms in total. The van der Waals surface area contributed by atoms with Gasteiger partial charge in [0.25, 0.3) is 0 Å². The molecule has 0 N–H and O–H groups in total. The number of hydrogen-bond acceptors (Lipinski definition) is 4. The zero-order chi connectivity index (χ0) is 43.5. The van der Waals surface area contributed by atoms with Crippen molar-refractivity contribution < 1.29 is 8.39 Å². The van der Waals surface area contributed by atoms with Crippen molar-refractivity contribution in [1.29, 1.82) is 0 Å². The second-order valence-electron chi connectivity index (χ2n) is 16.2. The lowest BCUT2D eigenvalue weighted by Crippen LogP contribution is -2.29. The molecule has 2 atom stereocenters.